The highest BCUT2D eigenvalue weighted by molar-refractivity contribution is 6.10. The molecule has 0 fully saturated rings. The van der Waals surface area contributed by atoms with Gasteiger partial charge >= 0.3 is 0 Å². The first-order valence-corrected chi connectivity index (χ1v) is 9.29. The van der Waals surface area contributed by atoms with Gasteiger partial charge in [0.2, 0.25) is 11.9 Å². The van der Waals surface area contributed by atoms with Gasteiger partial charge in [-0.05, 0) is 20.8 Å². The van der Waals surface area contributed by atoms with Crippen molar-refractivity contribution in [2.45, 2.75) is 32.9 Å². The first-order chi connectivity index (χ1) is 13.0. The molecule has 2 aromatic rings. The third-order valence-corrected chi connectivity index (χ3v) is 5.12. The number of aliphatic imine (C=N–C) groups is 1. The number of anilines is 3. The number of nitrogens with zero attached hydrogens (tertiary/aromatic N) is 6. The molecule has 7 heteroatoms. The van der Waals surface area contributed by atoms with Crippen LogP contribution in [-0.4, -0.2) is 53.9 Å². The Bertz CT molecular complexity index is 895. The predicted octanol–water partition coefficient (Wildman–Crippen LogP) is 2.32. The van der Waals surface area contributed by atoms with Gasteiger partial charge in [0.25, 0.3) is 0 Å². The largest absolute Gasteiger partial charge is 0.341 e. The Morgan fingerprint density at radius 2 is 1.93 bits per heavy atom. The van der Waals surface area contributed by atoms with Crippen LogP contribution in [0.2, 0.25) is 0 Å². The molecule has 1 aromatic heterocycles. The van der Waals surface area contributed by atoms with Crippen molar-refractivity contribution >= 4 is 29.2 Å². The van der Waals surface area contributed by atoms with Crippen molar-refractivity contribution in [3.8, 4) is 0 Å². The van der Waals surface area contributed by atoms with E-state index in [1.165, 1.54) is 0 Å². The molecule has 0 N–H and O–H groups in total. The summed E-state index contributed by atoms with van der Waals surface area (Å²) in [7, 11) is 1.78. The molecule has 2 aliphatic rings. The van der Waals surface area contributed by atoms with Crippen molar-refractivity contribution in [2.75, 3.05) is 34.8 Å². The highest BCUT2D eigenvalue weighted by Crippen LogP contribution is 2.36. The summed E-state index contributed by atoms with van der Waals surface area (Å²) < 4.78 is 0. The Morgan fingerprint density at radius 1 is 1.19 bits per heavy atom. The number of hydrogen-bond acceptors (Lipinski definition) is 6. The minimum absolute atomic E-state index is 0.0558. The second-order valence-electron chi connectivity index (χ2n) is 7.18. The molecule has 27 heavy (non-hydrogen) atoms. The van der Waals surface area contributed by atoms with Crippen LogP contribution in [0, 0.1) is 0 Å². The number of hydrogen-bond donors (Lipinski definition) is 0. The summed E-state index contributed by atoms with van der Waals surface area (Å²) in [5.74, 6) is 2.36. The van der Waals surface area contributed by atoms with E-state index in [4.69, 9.17) is 4.98 Å². The van der Waals surface area contributed by atoms with E-state index in [1.807, 2.05) is 37.3 Å². The van der Waals surface area contributed by atoms with Gasteiger partial charge in [0.1, 0.15) is 17.6 Å². The van der Waals surface area contributed by atoms with Gasteiger partial charge in [-0.2, -0.15) is 4.98 Å². The quantitative estimate of drug-likeness (QED) is 0.836. The van der Waals surface area contributed by atoms with Crippen LogP contribution < -0.4 is 14.7 Å². The number of amides is 1. The molecule has 0 spiro atoms. The van der Waals surface area contributed by atoms with Crippen LogP contribution in [0.3, 0.4) is 0 Å². The molecule has 7 nitrogen and oxygen atoms in total. The molecule has 0 radical (unpaired) electrons. The zero-order valence-electron chi connectivity index (χ0n) is 16.1. The van der Waals surface area contributed by atoms with Crippen molar-refractivity contribution < 1.29 is 4.79 Å². The molecule has 4 rings (SSSR count). The van der Waals surface area contributed by atoms with E-state index in [-0.39, 0.29) is 18.0 Å². The third kappa shape index (κ3) is 2.83. The standard InChI is InChI=1S/C20H24N6O/c1-13(2)26-14(3)19(27)24(4)16-12-22-20(23-18(16)26)25-11-10-21-17(25)15-8-6-5-7-9-15/h5-9,12-14H,10-11H2,1-4H3. The molecule has 1 unspecified atom stereocenters. The molecule has 0 bridgehead atoms. The Morgan fingerprint density at radius 3 is 2.63 bits per heavy atom. The summed E-state index contributed by atoms with van der Waals surface area (Å²) in [5, 5.41) is 0. The Hall–Kier alpha value is -2.96. The number of aromatic nitrogens is 2. The van der Waals surface area contributed by atoms with Crippen molar-refractivity contribution in [1.29, 1.82) is 0 Å². The number of rotatable bonds is 3. The topological polar surface area (TPSA) is 64.9 Å². The molecular formula is C20H24N6O. The van der Waals surface area contributed by atoms with E-state index in [2.05, 4.69) is 33.6 Å². The first-order valence-electron chi connectivity index (χ1n) is 9.29. The predicted molar refractivity (Wildman–Crippen MR) is 108 cm³/mol. The fraction of sp³-hybridized carbons (Fsp3) is 0.400. The summed E-state index contributed by atoms with van der Waals surface area (Å²) in [6, 6.07) is 9.99. The van der Waals surface area contributed by atoms with E-state index in [0.29, 0.717) is 12.5 Å². The van der Waals surface area contributed by atoms with E-state index in [0.717, 1.165) is 29.4 Å². The van der Waals surface area contributed by atoms with Gasteiger partial charge in [-0.25, -0.2) is 4.98 Å². The first kappa shape index (κ1) is 17.5. The lowest BCUT2D eigenvalue weighted by molar-refractivity contribution is -0.119. The smallest absolute Gasteiger partial charge is 0.249 e. The molecule has 1 aromatic carbocycles. The lowest BCUT2D eigenvalue weighted by atomic mass is 10.1. The zero-order valence-corrected chi connectivity index (χ0v) is 16.1. The van der Waals surface area contributed by atoms with Crippen LogP contribution in [0.4, 0.5) is 17.5 Å². The summed E-state index contributed by atoms with van der Waals surface area (Å²) in [4.78, 5) is 32.4. The highest BCUT2D eigenvalue weighted by Gasteiger charge is 2.37. The van der Waals surface area contributed by atoms with E-state index < -0.39 is 0 Å². The molecular weight excluding hydrogens is 340 g/mol. The molecule has 140 valence electrons. The Kier molecular flexibility index (Phi) is 4.30. The lowest BCUT2D eigenvalue weighted by Gasteiger charge is -2.41. The summed E-state index contributed by atoms with van der Waals surface area (Å²) in [6.45, 7) is 7.54. The van der Waals surface area contributed by atoms with E-state index in [1.54, 1.807) is 18.1 Å². The molecule has 0 saturated carbocycles. The van der Waals surface area contributed by atoms with Crippen LogP contribution in [0.25, 0.3) is 0 Å². The van der Waals surface area contributed by atoms with Crippen molar-refractivity contribution in [1.82, 2.24) is 9.97 Å². The molecule has 0 aliphatic carbocycles. The van der Waals surface area contributed by atoms with Crippen molar-refractivity contribution in [2.24, 2.45) is 4.99 Å². The summed E-state index contributed by atoms with van der Waals surface area (Å²) >= 11 is 0. The zero-order chi connectivity index (χ0) is 19.1. The van der Waals surface area contributed by atoms with Gasteiger partial charge in [-0.15, -0.1) is 0 Å². The third-order valence-electron chi connectivity index (χ3n) is 5.12. The van der Waals surface area contributed by atoms with Gasteiger partial charge in [0, 0.05) is 25.2 Å². The van der Waals surface area contributed by atoms with Crippen molar-refractivity contribution in [3.63, 3.8) is 0 Å². The van der Waals surface area contributed by atoms with Crippen LogP contribution >= 0.6 is 0 Å². The summed E-state index contributed by atoms with van der Waals surface area (Å²) in [6.07, 6.45) is 1.75. The van der Waals surface area contributed by atoms with Crippen LogP contribution in [0.5, 0.6) is 0 Å². The van der Waals surface area contributed by atoms with Gasteiger partial charge in [0.15, 0.2) is 5.82 Å². The maximum atomic E-state index is 12.6. The van der Waals surface area contributed by atoms with Gasteiger partial charge in [-0.1, -0.05) is 30.3 Å². The maximum Gasteiger partial charge on any atom is 0.249 e. The Labute approximate surface area is 159 Å². The SMILES string of the molecule is CC(C)N1c2nc(N3CCN=C3c3ccccc3)ncc2N(C)C(=O)C1C. The Balaban J connectivity index is 1.77. The number of likely N-dealkylation sites (N-methyl/N-ethyl adjacent to an activating group) is 1. The number of fused-ring (bicyclic) bond motifs is 1. The van der Waals surface area contributed by atoms with Crippen LogP contribution in [0.1, 0.15) is 26.3 Å². The molecule has 1 atom stereocenters. The molecule has 1 amide bonds. The monoisotopic (exact) mass is 364 g/mol. The number of amidine groups is 1. The lowest BCUT2D eigenvalue weighted by Crippen LogP contribution is -2.53. The minimum atomic E-state index is -0.258. The average molecular weight is 364 g/mol. The summed E-state index contributed by atoms with van der Waals surface area (Å²) in [5.41, 5.74) is 1.80. The number of carbonyl (C=O) groups excluding carboxylic acids is 1. The van der Waals surface area contributed by atoms with Gasteiger partial charge in [0.05, 0.1) is 12.7 Å². The number of carbonyl (C=O) groups is 1. The minimum Gasteiger partial charge on any atom is -0.341 e. The maximum absolute atomic E-state index is 12.6. The van der Waals surface area contributed by atoms with Gasteiger partial charge < -0.3 is 9.80 Å². The van der Waals surface area contributed by atoms with E-state index >= 15 is 0 Å². The molecule has 0 saturated heterocycles. The normalized spacial score (nSPS) is 19.6. The van der Waals surface area contributed by atoms with E-state index in [9.17, 15) is 4.79 Å². The molecule has 2 aliphatic heterocycles. The fourth-order valence-corrected chi connectivity index (χ4v) is 3.78. The van der Waals surface area contributed by atoms with Gasteiger partial charge in [-0.3, -0.25) is 14.7 Å². The van der Waals surface area contributed by atoms with Crippen molar-refractivity contribution in [3.05, 3.63) is 42.1 Å². The number of benzene rings is 1. The van der Waals surface area contributed by atoms with Crippen LogP contribution in [0.15, 0.2) is 41.5 Å². The second kappa shape index (κ2) is 6.64. The average Bonchev–Trinajstić information content (AvgIpc) is 3.16. The van der Waals surface area contributed by atoms with Crippen LogP contribution in [-0.2, 0) is 4.79 Å². The molecule has 3 heterocycles. The second-order valence-corrected chi connectivity index (χ2v) is 7.18. The fourth-order valence-electron chi connectivity index (χ4n) is 3.78. The highest BCUT2D eigenvalue weighted by atomic mass is 16.2.